The van der Waals surface area contributed by atoms with Gasteiger partial charge < -0.3 is 14.6 Å². The Labute approximate surface area is 156 Å². The Hall–Kier alpha value is -2.22. The molecule has 0 saturated carbocycles. The van der Waals surface area contributed by atoms with Crippen molar-refractivity contribution >= 4 is 28.5 Å². The van der Waals surface area contributed by atoms with Crippen LogP contribution in [0.4, 0.5) is 5.82 Å². The number of rotatable bonds is 5. The normalized spacial score (nSPS) is 16.7. The third kappa shape index (κ3) is 3.51. The zero-order valence-electron chi connectivity index (χ0n) is 14.5. The number of hydrogen-bond donors (Lipinski definition) is 1. The molecule has 3 heterocycles. The van der Waals surface area contributed by atoms with Crippen LogP contribution in [0.15, 0.2) is 35.1 Å². The summed E-state index contributed by atoms with van der Waals surface area (Å²) in [5.41, 5.74) is 2.43. The summed E-state index contributed by atoms with van der Waals surface area (Å²) in [5, 5.41) is 8.99. The molecule has 1 atom stereocenters. The van der Waals surface area contributed by atoms with Gasteiger partial charge in [-0.25, -0.2) is 4.98 Å². The minimum Gasteiger partial charge on any atom is -0.379 e. The molecule has 136 valence electrons. The van der Waals surface area contributed by atoms with E-state index >= 15 is 0 Å². The quantitative estimate of drug-likeness (QED) is 0.736. The molecular weight excluding hydrogens is 354 g/mol. The standard InChI is InChI=1S/C18H20ClN5O2/c1-12-16-17(21-11-22-18(16)26-23-12)20-10-15(24-5-7-25-8-6-24)13-3-2-4-14(19)9-13/h2-4,9,11,15H,5-8,10H2,1H3,(H,20,21,22)/t15-/m1/s1. The van der Waals surface area contributed by atoms with Crippen molar-refractivity contribution in [1.82, 2.24) is 20.0 Å². The van der Waals surface area contributed by atoms with Crippen LogP contribution in [0.1, 0.15) is 17.3 Å². The van der Waals surface area contributed by atoms with Crippen LogP contribution in [0.5, 0.6) is 0 Å². The molecule has 1 aliphatic heterocycles. The smallest absolute Gasteiger partial charge is 0.263 e. The third-order valence-electron chi connectivity index (χ3n) is 4.63. The number of morpholine rings is 1. The van der Waals surface area contributed by atoms with E-state index in [1.54, 1.807) is 0 Å². The Bertz CT molecular complexity index is 894. The molecule has 7 nitrogen and oxygen atoms in total. The van der Waals surface area contributed by atoms with Crippen molar-refractivity contribution < 1.29 is 9.26 Å². The average molecular weight is 374 g/mol. The zero-order valence-corrected chi connectivity index (χ0v) is 15.2. The van der Waals surface area contributed by atoms with Gasteiger partial charge in [0.25, 0.3) is 5.71 Å². The Kier molecular flexibility index (Phi) is 5.01. The topological polar surface area (TPSA) is 76.3 Å². The first kappa shape index (κ1) is 17.2. The van der Waals surface area contributed by atoms with Crippen molar-refractivity contribution in [2.45, 2.75) is 13.0 Å². The molecule has 2 aromatic heterocycles. The van der Waals surface area contributed by atoms with E-state index in [1.165, 1.54) is 11.9 Å². The van der Waals surface area contributed by atoms with Crippen molar-refractivity contribution in [2.75, 3.05) is 38.2 Å². The van der Waals surface area contributed by atoms with Gasteiger partial charge in [-0.3, -0.25) is 4.90 Å². The van der Waals surface area contributed by atoms with Crippen LogP contribution in [0.2, 0.25) is 5.02 Å². The molecular formula is C18H20ClN5O2. The number of ether oxygens (including phenoxy) is 1. The minimum atomic E-state index is 0.155. The fourth-order valence-corrected chi connectivity index (χ4v) is 3.51. The first-order chi connectivity index (χ1) is 12.7. The number of halogens is 1. The summed E-state index contributed by atoms with van der Waals surface area (Å²) in [6.45, 7) is 5.79. The lowest BCUT2D eigenvalue weighted by molar-refractivity contribution is 0.0187. The van der Waals surface area contributed by atoms with Crippen LogP contribution in [0, 0.1) is 6.92 Å². The summed E-state index contributed by atoms with van der Waals surface area (Å²) in [6, 6.07) is 8.15. The van der Waals surface area contributed by atoms with E-state index in [9.17, 15) is 0 Å². The molecule has 0 radical (unpaired) electrons. The monoisotopic (exact) mass is 373 g/mol. The van der Waals surface area contributed by atoms with Gasteiger partial charge in [0.15, 0.2) is 0 Å². The van der Waals surface area contributed by atoms with Crippen molar-refractivity contribution in [3.8, 4) is 0 Å². The fraction of sp³-hybridized carbons (Fsp3) is 0.389. The summed E-state index contributed by atoms with van der Waals surface area (Å²) < 4.78 is 10.7. The highest BCUT2D eigenvalue weighted by atomic mass is 35.5. The second-order valence-electron chi connectivity index (χ2n) is 6.27. The Morgan fingerprint density at radius 1 is 1.27 bits per heavy atom. The summed E-state index contributed by atoms with van der Waals surface area (Å²) in [5.74, 6) is 0.731. The lowest BCUT2D eigenvalue weighted by Gasteiger charge is -2.35. The predicted octanol–water partition coefficient (Wildman–Crippen LogP) is 3.07. The maximum Gasteiger partial charge on any atom is 0.263 e. The predicted molar refractivity (Wildman–Crippen MR) is 99.4 cm³/mol. The molecule has 0 bridgehead atoms. The SMILES string of the molecule is Cc1noc2ncnc(NC[C@H](c3cccc(Cl)c3)N3CCOCC3)c12. The van der Waals surface area contributed by atoms with Crippen molar-refractivity contribution in [3.05, 3.63) is 46.9 Å². The lowest BCUT2D eigenvalue weighted by Crippen LogP contribution is -2.41. The van der Waals surface area contributed by atoms with Crippen LogP contribution < -0.4 is 5.32 Å². The highest BCUT2D eigenvalue weighted by molar-refractivity contribution is 6.30. The fourth-order valence-electron chi connectivity index (χ4n) is 3.31. The highest BCUT2D eigenvalue weighted by Crippen LogP contribution is 2.27. The average Bonchev–Trinajstić information content (AvgIpc) is 3.05. The largest absolute Gasteiger partial charge is 0.379 e. The maximum absolute atomic E-state index is 6.22. The molecule has 0 amide bonds. The van der Waals surface area contributed by atoms with E-state index in [1.807, 2.05) is 25.1 Å². The number of aryl methyl sites for hydroxylation is 1. The number of anilines is 1. The van der Waals surface area contributed by atoms with E-state index in [4.69, 9.17) is 20.9 Å². The van der Waals surface area contributed by atoms with Crippen molar-refractivity contribution in [1.29, 1.82) is 0 Å². The van der Waals surface area contributed by atoms with E-state index < -0.39 is 0 Å². The molecule has 4 rings (SSSR count). The molecule has 0 spiro atoms. The van der Waals surface area contributed by atoms with Crippen LogP contribution in [0.25, 0.3) is 11.1 Å². The van der Waals surface area contributed by atoms with Gasteiger partial charge in [-0.2, -0.15) is 4.98 Å². The molecule has 1 saturated heterocycles. The van der Waals surface area contributed by atoms with Crippen molar-refractivity contribution in [2.24, 2.45) is 0 Å². The molecule has 26 heavy (non-hydrogen) atoms. The molecule has 1 aliphatic rings. The van der Waals surface area contributed by atoms with Gasteiger partial charge in [0.2, 0.25) is 0 Å². The van der Waals surface area contributed by atoms with Gasteiger partial charge in [-0.05, 0) is 24.6 Å². The first-order valence-electron chi connectivity index (χ1n) is 8.60. The Morgan fingerprint density at radius 2 is 2.12 bits per heavy atom. The second kappa shape index (κ2) is 7.57. The summed E-state index contributed by atoms with van der Waals surface area (Å²) in [7, 11) is 0. The zero-order chi connectivity index (χ0) is 17.9. The number of aromatic nitrogens is 3. The molecule has 0 aliphatic carbocycles. The van der Waals surface area contributed by atoms with E-state index in [0.717, 1.165) is 48.2 Å². The molecule has 0 unspecified atom stereocenters. The molecule has 1 aromatic carbocycles. The van der Waals surface area contributed by atoms with Crippen LogP contribution in [0.3, 0.4) is 0 Å². The van der Waals surface area contributed by atoms with Crippen LogP contribution in [-0.2, 0) is 4.74 Å². The first-order valence-corrected chi connectivity index (χ1v) is 8.98. The van der Waals surface area contributed by atoms with Gasteiger partial charge in [0.05, 0.1) is 24.9 Å². The lowest BCUT2D eigenvalue weighted by atomic mass is 10.0. The molecule has 8 heteroatoms. The summed E-state index contributed by atoms with van der Waals surface area (Å²) >= 11 is 6.22. The highest BCUT2D eigenvalue weighted by Gasteiger charge is 2.23. The molecule has 3 aromatic rings. The van der Waals surface area contributed by atoms with Gasteiger partial charge >= 0.3 is 0 Å². The number of hydrogen-bond acceptors (Lipinski definition) is 7. The van der Waals surface area contributed by atoms with Crippen LogP contribution in [-0.4, -0.2) is 52.9 Å². The van der Waals surface area contributed by atoms with Gasteiger partial charge in [-0.1, -0.05) is 28.9 Å². The number of nitrogens with one attached hydrogen (secondary N) is 1. The van der Waals surface area contributed by atoms with Crippen LogP contribution >= 0.6 is 11.6 Å². The summed E-state index contributed by atoms with van der Waals surface area (Å²) in [6.07, 6.45) is 1.48. The van der Waals surface area contributed by atoms with E-state index in [-0.39, 0.29) is 6.04 Å². The molecule has 1 fully saturated rings. The second-order valence-corrected chi connectivity index (χ2v) is 6.71. The Balaban J connectivity index is 1.61. The van der Waals surface area contributed by atoms with Gasteiger partial charge in [0.1, 0.15) is 17.5 Å². The third-order valence-corrected chi connectivity index (χ3v) is 4.86. The van der Waals surface area contributed by atoms with E-state index in [2.05, 4.69) is 31.4 Å². The number of fused-ring (bicyclic) bond motifs is 1. The van der Waals surface area contributed by atoms with Crippen molar-refractivity contribution in [3.63, 3.8) is 0 Å². The Morgan fingerprint density at radius 3 is 2.92 bits per heavy atom. The maximum atomic E-state index is 6.22. The molecule has 1 N–H and O–H groups in total. The number of nitrogens with zero attached hydrogens (tertiary/aromatic N) is 4. The van der Waals surface area contributed by atoms with Gasteiger partial charge in [-0.15, -0.1) is 0 Å². The minimum absolute atomic E-state index is 0.155. The van der Waals surface area contributed by atoms with Gasteiger partial charge in [0, 0.05) is 24.7 Å². The number of benzene rings is 1. The summed E-state index contributed by atoms with van der Waals surface area (Å²) in [4.78, 5) is 10.9. The van der Waals surface area contributed by atoms with E-state index in [0.29, 0.717) is 12.3 Å².